The molecule has 1 rings (SSSR count). The van der Waals surface area contributed by atoms with Crippen molar-refractivity contribution in [3.05, 3.63) is 0 Å². The third kappa shape index (κ3) is 1.72. The lowest BCUT2D eigenvalue weighted by Gasteiger charge is -2.24. The SMILES string of the molecule is CCCC(N)(C(=O)O)[C@H]1C[C@@H]1C(=O)O. The highest BCUT2D eigenvalue weighted by atomic mass is 16.4. The Morgan fingerprint density at radius 3 is 2.36 bits per heavy atom. The van der Waals surface area contributed by atoms with E-state index in [9.17, 15) is 9.59 Å². The van der Waals surface area contributed by atoms with Crippen LogP contribution in [0.4, 0.5) is 0 Å². The minimum atomic E-state index is -1.35. The minimum Gasteiger partial charge on any atom is -0.481 e. The van der Waals surface area contributed by atoms with Crippen LogP contribution < -0.4 is 5.73 Å². The maximum absolute atomic E-state index is 10.9. The molecule has 0 aliphatic heterocycles. The first-order valence-electron chi connectivity index (χ1n) is 4.68. The highest BCUT2D eigenvalue weighted by Crippen LogP contribution is 2.47. The lowest BCUT2D eigenvalue weighted by Crippen LogP contribution is -2.50. The molecule has 0 spiro atoms. The van der Waals surface area contributed by atoms with Crippen LogP contribution >= 0.6 is 0 Å². The summed E-state index contributed by atoms with van der Waals surface area (Å²) in [6, 6.07) is 0. The Balaban J connectivity index is 2.72. The van der Waals surface area contributed by atoms with Gasteiger partial charge in [0.2, 0.25) is 0 Å². The number of hydrogen-bond donors (Lipinski definition) is 3. The molecule has 0 saturated heterocycles. The molecule has 0 amide bonds. The van der Waals surface area contributed by atoms with Gasteiger partial charge in [0.15, 0.2) is 0 Å². The van der Waals surface area contributed by atoms with E-state index < -0.39 is 29.3 Å². The Labute approximate surface area is 81.9 Å². The number of aliphatic carboxylic acids is 2. The van der Waals surface area contributed by atoms with E-state index >= 15 is 0 Å². The molecule has 1 unspecified atom stereocenters. The number of carboxylic acid groups (broad SMARTS) is 2. The summed E-state index contributed by atoms with van der Waals surface area (Å²) >= 11 is 0. The summed E-state index contributed by atoms with van der Waals surface area (Å²) < 4.78 is 0. The summed E-state index contributed by atoms with van der Waals surface area (Å²) in [5.74, 6) is -3.00. The van der Waals surface area contributed by atoms with Crippen molar-refractivity contribution in [3.8, 4) is 0 Å². The summed E-state index contributed by atoms with van der Waals surface area (Å²) in [6.07, 6.45) is 1.36. The van der Waals surface area contributed by atoms with E-state index in [4.69, 9.17) is 15.9 Å². The van der Waals surface area contributed by atoms with Crippen molar-refractivity contribution >= 4 is 11.9 Å². The fourth-order valence-corrected chi connectivity index (χ4v) is 1.90. The standard InChI is InChI=1S/C9H15NO4/c1-2-3-9(10,8(13)14)6-4-5(6)7(11)12/h5-6H,2-4,10H2,1H3,(H,11,12)(H,13,14)/t5-,6-,9?/m0/s1. The number of hydrogen-bond acceptors (Lipinski definition) is 3. The predicted octanol–water partition coefficient (Wildman–Crippen LogP) is 0.289. The molecule has 3 atom stereocenters. The van der Waals surface area contributed by atoms with Crippen LogP contribution in [0, 0.1) is 11.8 Å². The van der Waals surface area contributed by atoms with E-state index in [0.29, 0.717) is 19.3 Å². The summed E-state index contributed by atoms with van der Waals surface area (Å²) in [7, 11) is 0. The van der Waals surface area contributed by atoms with Gasteiger partial charge in [-0.05, 0) is 12.8 Å². The van der Waals surface area contributed by atoms with E-state index in [1.165, 1.54) is 0 Å². The smallest absolute Gasteiger partial charge is 0.323 e. The molecule has 0 aromatic rings. The topological polar surface area (TPSA) is 101 Å². The van der Waals surface area contributed by atoms with Crippen molar-refractivity contribution in [2.45, 2.75) is 31.7 Å². The van der Waals surface area contributed by atoms with Crippen molar-refractivity contribution in [3.63, 3.8) is 0 Å². The first-order valence-corrected chi connectivity index (χ1v) is 4.68. The van der Waals surface area contributed by atoms with Crippen molar-refractivity contribution < 1.29 is 19.8 Å². The quantitative estimate of drug-likeness (QED) is 0.593. The van der Waals surface area contributed by atoms with Gasteiger partial charge in [-0.25, -0.2) is 0 Å². The molecule has 4 N–H and O–H groups in total. The Morgan fingerprint density at radius 2 is 2.07 bits per heavy atom. The fourth-order valence-electron chi connectivity index (χ4n) is 1.90. The van der Waals surface area contributed by atoms with E-state index in [-0.39, 0.29) is 0 Å². The van der Waals surface area contributed by atoms with Gasteiger partial charge in [0.1, 0.15) is 5.54 Å². The number of rotatable bonds is 5. The Morgan fingerprint density at radius 1 is 1.50 bits per heavy atom. The van der Waals surface area contributed by atoms with Crippen LogP contribution in [-0.2, 0) is 9.59 Å². The molecule has 0 aromatic carbocycles. The first kappa shape index (κ1) is 11.0. The predicted molar refractivity (Wildman–Crippen MR) is 48.7 cm³/mol. The number of carbonyl (C=O) groups is 2. The monoisotopic (exact) mass is 201 g/mol. The van der Waals surface area contributed by atoms with Gasteiger partial charge in [-0.3, -0.25) is 9.59 Å². The van der Waals surface area contributed by atoms with Crippen LogP contribution in [0.2, 0.25) is 0 Å². The Kier molecular flexibility index (Phi) is 2.80. The van der Waals surface area contributed by atoms with Gasteiger partial charge >= 0.3 is 11.9 Å². The van der Waals surface area contributed by atoms with Gasteiger partial charge in [0.25, 0.3) is 0 Å². The minimum absolute atomic E-state index is 0.330. The van der Waals surface area contributed by atoms with Crippen molar-refractivity contribution in [1.82, 2.24) is 0 Å². The highest BCUT2D eigenvalue weighted by Gasteiger charge is 2.57. The van der Waals surface area contributed by atoms with Crippen LogP contribution in [0.25, 0.3) is 0 Å². The summed E-state index contributed by atoms with van der Waals surface area (Å²) in [6.45, 7) is 1.84. The second-order valence-electron chi connectivity index (χ2n) is 3.88. The molecule has 0 heterocycles. The molecular weight excluding hydrogens is 186 g/mol. The molecule has 1 saturated carbocycles. The molecular formula is C9H15NO4. The van der Waals surface area contributed by atoms with Crippen LogP contribution in [0.5, 0.6) is 0 Å². The van der Waals surface area contributed by atoms with Crippen molar-refractivity contribution in [1.29, 1.82) is 0 Å². The molecule has 0 radical (unpaired) electrons. The fraction of sp³-hybridized carbons (Fsp3) is 0.778. The molecule has 5 heteroatoms. The normalized spacial score (nSPS) is 29.3. The molecule has 0 aromatic heterocycles. The van der Waals surface area contributed by atoms with E-state index in [0.717, 1.165) is 0 Å². The molecule has 1 aliphatic rings. The molecule has 0 bridgehead atoms. The molecule has 1 fully saturated rings. The van der Waals surface area contributed by atoms with Gasteiger partial charge < -0.3 is 15.9 Å². The van der Waals surface area contributed by atoms with E-state index in [1.54, 1.807) is 0 Å². The lowest BCUT2D eigenvalue weighted by atomic mass is 9.88. The van der Waals surface area contributed by atoms with E-state index in [1.807, 2.05) is 6.92 Å². The van der Waals surface area contributed by atoms with Crippen LogP contribution in [-0.4, -0.2) is 27.7 Å². The molecule has 5 nitrogen and oxygen atoms in total. The average molecular weight is 201 g/mol. The Hall–Kier alpha value is -1.10. The highest BCUT2D eigenvalue weighted by molar-refractivity contribution is 5.83. The zero-order valence-electron chi connectivity index (χ0n) is 8.06. The van der Waals surface area contributed by atoms with Gasteiger partial charge in [-0.1, -0.05) is 13.3 Å². The van der Waals surface area contributed by atoms with Gasteiger partial charge in [-0.15, -0.1) is 0 Å². The average Bonchev–Trinajstić information content (AvgIpc) is 2.82. The summed E-state index contributed by atoms with van der Waals surface area (Å²) in [5.41, 5.74) is 4.37. The summed E-state index contributed by atoms with van der Waals surface area (Å²) in [5, 5.41) is 17.6. The van der Waals surface area contributed by atoms with E-state index in [2.05, 4.69) is 0 Å². The summed E-state index contributed by atoms with van der Waals surface area (Å²) in [4.78, 5) is 21.5. The van der Waals surface area contributed by atoms with Gasteiger partial charge in [0.05, 0.1) is 5.92 Å². The van der Waals surface area contributed by atoms with Crippen molar-refractivity contribution in [2.24, 2.45) is 17.6 Å². The maximum Gasteiger partial charge on any atom is 0.323 e. The zero-order chi connectivity index (χ0) is 10.9. The maximum atomic E-state index is 10.9. The third-order valence-corrected chi connectivity index (χ3v) is 2.83. The van der Waals surface area contributed by atoms with Crippen LogP contribution in [0.15, 0.2) is 0 Å². The zero-order valence-corrected chi connectivity index (χ0v) is 8.06. The number of nitrogens with two attached hydrogens (primary N) is 1. The lowest BCUT2D eigenvalue weighted by molar-refractivity contribution is -0.145. The largest absolute Gasteiger partial charge is 0.481 e. The van der Waals surface area contributed by atoms with Crippen molar-refractivity contribution in [2.75, 3.05) is 0 Å². The molecule has 80 valence electrons. The molecule has 1 aliphatic carbocycles. The Bertz CT molecular complexity index is 266. The second kappa shape index (κ2) is 3.57. The van der Waals surface area contributed by atoms with Gasteiger partial charge in [0, 0.05) is 5.92 Å². The number of carboxylic acids is 2. The van der Waals surface area contributed by atoms with Gasteiger partial charge in [-0.2, -0.15) is 0 Å². The van der Waals surface area contributed by atoms with Crippen LogP contribution in [0.3, 0.4) is 0 Å². The third-order valence-electron chi connectivity index (χ3n) is 2.83. The first-order chi connectivity index (χ1) is 6.43. The second-order valence-corrected chi connectivity index (χ2v) is 3.88. The molecule has 14 heavy (non-hydrogen) atoms. The van der Waals surface area contributed by atoms with Crippen LogP contribution in [0.1, 0.15) is 26.2 Å².